The van der Waals surface area contributed by atoms with Crippen LogP contribution in [0.2, 0.25) is 5.02 Å². The average molecular weight is 334 g/mol. The molecule has 3 nitrogen and oxygen atoms in total. The Kier molecular flexibility index (Phi) is 6.31. The molecule has 0 heterocycles. The Morgan fingerprint density at radius 2 is 1.91 bits per heavy atom. The Morgan fingerprint density at radius 3 is 2.57 bits per heavy atom. The third-order valence-corrected chi connectivity index (χ3v) is 3.90. The molecule has 4 heteroatoms. The summed E-state index contributed by atoms with van der Waals surface area (Å²) in [5.41, 5.74) is 8.24. The quantitative estimate of drug-likeness (QED) is 0.815. The fraction of sp³-hybridized carbons (Fsp3) is 0.368. The van der Waals surface area contributed by atoms with E-state index < -0.39 is 0 Å². The molecule has 1 atom stereocenters. The lowest BCUT2D eigenvalue weighted by atomic mass is 9.91. The highest BCUT2D eigenvalue weighted by molar-refractivity contribution is 6.30. The summed E-state index contributed by atoms with van der Waals surface area (Å²) in [6, 6.07) is 13.8. The minimum atomic E-state index is 0.137. The normalized spacial score (nSPS) is 12.3. The standard InChI is InChI=1S/C19H24ClNO2/c1-13(2)23-17-6-4-5-14(10-17)9-15(12-21)18-11-16(20)7-8-19(18)22-3/h4-8,10-11,13,15H,9,12,21H2,1-3H3. The number of nitrogens with two attached hydrogens (primary N) is 1. The Morgan fingerprint density at radius 1 is 1.13 bits per heavy atom. The number of hydrogen-bond donors (Lipinski definition) is 1. The van der Waals surface area contributed by atoms with Gasteiger partial charge in [0, 0.05) is 16.5 Å². The molecule has 124 valence electrons. The van der Waals surface area contributed by atoms with Gasteiger partial charge in [-0.05, 0) is 62.7 Å². The van der Waals surface area contributed by atoms with Gasteiger partial charge in [0.25, 0.3) is 0 Å². The Hall–Kier alpha value is -1.71. The van der Waals surface area contributed by atoms with Gasteiger partial charge >= 0.3 is 0 Å². The molecular weight excluding hydrogens is 310 g/mol. The maximum Gasteiger partial charge on any atom is 0.122 e. The lowest BCUT2D eigenvalue weighted by Gasteiger charge is -2.19. The van der Waals surface area contributed by atoms with E-state index in [0.29, 0.717) is 11.6 Å². The Labute approximate surface area is 143 Å². The molecule has 2 aromatic rings. The van der Waals surface area contributed by atoms with Crippen LogP contribution < -0.4 is 15.2 Å². The van der Waals surface area contributed by atoms with E-state index in [1.54, 1.807) is 7.11 Å². The molecule has 0 spiro atoms. The first-order valence-corrected chi connectivity index (χ1v) is 8.20. The molecule has 0 bridgehead atoms. The SMILES string of the molecule is COc1ccc(Cl)cc1C(CN)Cc1cccc(OC(C)C)c1. The van der Waals surface area contributed by atoms with Crippen molar-refractivity contribution in [2.75, 3.05) is 13.7 Å². The molecule has 23 heavy (non-hydrogen) atoms. The summed E-state index contributed by atoms with van der Waals surface area (Å²) in [7, 11) is 1.66. The molecule has 1 unspecified atom stereocenters. The van der Waals surface area contributed by atoms with Gasteiger partial charge in [-0.25, -0.2) is 0 Å². The third kappa shape index (κ3) is 4.88. The highest BCUT2D eigenvalue weighted by Crippen LogP contribution is 2.32. The van der Waals surface area contributed by atoms with Crippen LogP contribution in [-0.4, -0.2) is 19.8 Å². The summed E-state index contributed by atoms with van der Waals surface area (Å²) < 4.78 is 11.2. The van der Waals surface area contributed by atoms with Crippen molar-refractivity contribution >= 4 is 11.6 Å². The van der Waals surface area contributed by atoms with Gasteiger partial charge in [-0.2, -0.15) is 0 Å². The average Bonchev–Trinajstić information content (AvgIpc) is 2.52. The number of benzene rings is 2. The van der Waals surface area contributed by atoms with Gasteiger partial charge in [-0.15, -0.1) is 0 Å². The summed E-state index contributed by atoms with van der Waals surface area (Å²) in [4.78, 5) is 0. The molecule has 0 radical (unpaired) electrons. The predicted octanol–water partition coefficient (Wildman–Crippen LogP) is 4.42. The van der Waals surface area contributed by atoms with Gasteiger partial charge in [0.1, 0.15) is 11.5 Å². The molecular formula is C19H24ClNO2. The van der Waals surface area contributed by atoms with Crippen LogP contribution in [0.1, 0.15) is 30.9 Å². The topological polar surface area (TPSA) is 44.5 Å². The molecule has 2 N–H and O–H groups in total. The second-order valence-corrected chi connectivity index (χ2v) is 6.27. The van der Waals surface area contributed by atoms with Crippen LogP contribution in [0.4, 0.5) is 0 Å². The number of hydrogen-bond acceptors (Lipinski definition) is 3. The molecule has 0 aliphatic heterocycles. The molecule has 2 rings (SSSR count). The van der Waals surface area contributed by atoms with Crippen molar-refractivity contribution in [3.8, 4) is 11.5 Å². The largest absolute Gasteiger partial charge is 0.496 e. The van der Waals surface area contributed by atoms with Crippen LogP contribution in [0.3, 0.4) is 0 Å². The van der Waals surface area contributed by atoms with Crippen LogP contribution in [0.5, 0.6) is 11.5 Å². The van der Waals surface area contributed by atoms with Gasteiger partial charge in [0.15, 0.2) is 0 Å². The van der Waals surface area contributed by atoms with Crippen LogP contribution in [-0.2, 0) is 6.42 Å². The summed E-state index contributed by atoms with van der Waals surface area (Å²) in [5.74, 6) is 1.84. The summed E-state index contributed by atoms with van der Waals surface area (Å²) in [5, 5.41) is 0.691. The van der Waals surface area contributed by atoms with Crippen molar-refractivity contribution in [1.29, 1.82) is 0 Å². The van der Waals surface area contributed by atoms with Gasteiger partial charge in [-0.3, -0.25) is 0 Å². The minimum Gasteiger partial charge on any atom is -0.496 e. The highest BCUT2D eigenvalue weighted by Gasteiger charge is 2.16. The van der Waals surface area contributed by atoms with Crippen LogP contribution in [0.25, 0.3) is 0 Å². The van der Waals surface area contributed by atoms with Crippen molar-refractivity contribution < 1.29 is 9.47 Å². The van der Waals surface area contributed by atoms with E-state index in [1.807, 2.05) is 44.2 Å². The second-order valence-electron chi connectivity index (χ2n) is 5.84. The zero-order valence-corrected chi connectivity index (χ0v) is 14.6. The van der Waals surface area contributed by atoms with Gasteiger partial charge in [-0.1, -0.05) is 23.7 Å². The maximum atomic E-state index is 6.14. The lowest BCUT2D eigenvalue weighted by molar-refractivity contribution is 0.242. The molecule has 0 saturated carbocycles. The molecule has 0 aliphatic rings. The summed E-state index contributed by atoms with van der Waals surface area (Å²) in [6.45, 7) is 4.56. The van der Waals surface area contributed by atoms with Crippen LogP contribution >= 0.6 is 11.6 Å². The highest BCUT2D eigenvalue weighted by atomic mass is 35.5. The van der Waals surface area contributed by atoms with E-state index in [4.69, 9.17) is 26.8 Å². The first-order chi connectivity index (χ1) is 11.0. The predicted molar refractivity (Wildman–Crippen MR) is 95.7 cm³/mol. The third-order valence-electron chi connectivity index (χ3n) is 3.67. The summed E-state index contributed by atoms with van der Waals surface area (Å²) >= 11 is 6.14. The van der Waals surface area contributed by atoms with Gasteiger partial charge in [0.2, 0.25) is 0 Å². The number of halogens is 1. The van der Waals surface area contributed by atoms with Crippen LogP contribution in [0, 0.1) is 0 Å². The van der Waals surface area contributed by atoms with E-state index in [1.165, 1.54) is 5.56 Å². The number of ether oxygens (including phenoxy) is 2. The van der Waals surface area contributed by atoms with Gasteiger partial charge < -0.3 is 15.2 Å². The lowest BCUT2D eigenvalue weighted by Crippen LogP contribution is -2.16. The van der Waals surface area contributed by atoms with E-state index in [2.05, 4.69) is 12.1 Å². The monoisotopic (exact) mass is 333 g/mol. The van der Waals surface area contributed by atoms with Crippen molar-refractivity contribution in [2.45, 2.75) is 32.3 Å². The first kappa shape index (κ1) is 17.6. The summed E-state index contributed by atoms with van der Waals surface area (Å²) in [6.07, 6.45) is 0.964. The molecule has 0 saturated heterocycles. The molecule has 0 aromatic heterocycles. The first-order valence-electron chi connectivity index (χ1n) is 7.82. The minimum absolute atomic E-state index is 0.137. The van der Waals surface area contributed by atoms with E-state index in [-0.39, 0.29) is 12.0 Å². The Balaban J connectivity index is 2.24. The van der Waals surface area contributed by atoms with Crippen molar-refractivity contribution in [2.24, 2.45) is 5.73 Å². The van der Waals surface area contributed by atoms with Crippen molar-refractivity contribution in [1.82, 2.24) is 0 Å². The second kappa shape index (κ2) is 8.23. The number of rotatable bonds is 7. The number of methoxy groups -OCH3 is 1. The molecule has 0 aliphatic carbocycles. The van der Waals surface area contributed by atoms with Crippen molar-refractivity contribution in [3.05, 3.63) is 58.6 Å². The van der Waals surface area contributed by atoms with E-state index in [0.717, 1.165) is 23.5 Å². The van der Waals surface area contributed by atoms with Gasteiger partial charge in [0.05, 0.1) is 13.2 Å². The molecule has 0 fully saturated rings. The smallest absolute Gasteiger partial charge is 0.122 e. The fourth-order valence-electron chi connectivity index (χ4n) is 2.65. The zero-order valence-electron chi connectivity index (χ0n) is 13.9. The van der Waals surface area contributed by atoms with Crippen LogP contribution in [0.15, 0.2) is 42.5 Å². The van der Waals surface area contributed by atoms with E-state index in [9.17, 15) is 0 Å². The maximum absolute atomic E-state index is 6.14. The Bertz CT molecular complexity index is 643. The van der Waals surface area contributed by atoms with Crippen molar-refractivity contribution in [3.63, 3.8) is 0 Å². The molecule has 0 amide bonds. The zero-order chi connectivity index (χ0) is 16.8. The fourth-order valence-corrected chi connectivity index (χ4v) is 2.83. The molecule has 2 aromatic carbocycles. The van der Waals surface area contributed by atoms with E-state index >= 15 is 0 Å².